The summed E-state index contributed by atoms with van der Waals surface area (Å²) in [5, 5.41) is 9.15. The maximum atomic E-state index is 13.7. The first-order valence-electron chi connectivity index (χ1n) is 7.76. The minimum Gasteiger partial charge on any atom is -0.478 e. The van der Waals surface area contributed by atoms with Gasteiger partial charge in [0.15, 0.2) is 0 Å². The minimum atomic E-state index is -1.38. The molecule has 5 N–H and O–H groups in total. The van der Waals surface area contributed by atoms with Crippen molar-refractivity contribution < 1.29 is 14.3 Å². The van der Waals surface area contributed by atoms with Crippen molar-refractivity contribution in [3.05, 3.63) is 64.7 Å². The van der Waals surface area contributed by atoms with Crippen molar-refractivity contribution in [3.8, 4) is 23.1 Å². The average Bonchev–Trinajstić information content (AvgIpc) is 2.62. The Kier molecular flexibility index (Phi) is 4.68. The van der Waals surface area contributed by atoms with Crippen molar-refractivity contribution in [1.29, 1.82) is 0 Å². The third kappa shape index (κ3) is 3.82. The molecule has 27 heavy (non-hydrogen) atoms. The first kappa shape index (κ1) is 17.8. The molecule has 0 atom stereocenters. The van der Waals surface area contributed by atoms with Gasteiger partial charge in [0.05, 0.1) is 22.5 Å². The summed E-state index contributed by atoms with van der Waals surface area (Å²) in [5.41, 5.74) is 13.1. The van der Waals surface area contributed by atoms with Gasteiger partial charge < -0.3 is 16.6 Å². The van der Waals surface area contributed by atoms with Crippen LogP contribution in [0.15, 0.2) is 36.5 Å². The number of nitrogen functional groups attached to an aromatic ring is 2. The van der Waals surface area contributed by atoms with Gasteiger partial charge in [-0.2, -0.15) is 0 Å². The van der Waals surface area contributed by atoms with E-state index in [9.17, 15) is 9.18 Å². The van der Waals surface area contributed by atoms with Crippen LogP contribution in [-0.4, -0.2) is 26.0 Å². The van der Waals surface area contributed by atoms with Crippen LogP contribution >= 0.6 is 0 Å². The van der Waals surface area contributed by atoms with Crippen LogP contribution in [-0.2, 0) is 0 Å². The lowest BCUT2D eigenvalue weighted by molar-refractivity contribution is 0.0692. The molecule has 0 unspecified atom stereocenters. The topological polar surface area (TPSA) is 128 Å². The third-order valence-corrected chi connectivity index (χ3v) is 3.70. The van der Waals surface area contributed by atoms with Crippen LogP contribution in [0.2, 0.25) is 0 Å². The van der Waals surface area contributed by atoms with Crippen molar-refractivity contribution in [1.82, 2.24) is 15.0 Å². The Labute approximate surface area is 153 Å². The molecule has 0 radical (unpaired) electrons. The van der Waals surface area contributed by atoms with Gasteiger partial charge in [0, 0.05) is 17.3 Å². The lowest BCUT2D eigenvalue weighted by atomic mass is 10.0. The maximum Gasteiger partial charge on any atom is 0.338 e. The number of hydrogen-bond donors (Lipinski definition) is 3. The van der Waals surface area contributed by atoms with E-state index in [0.717, 1.165) is 6.07 Å². The molecule has 0 bridgehead atoms. The molecule has 0 aliphatic rings. The molecule has 0 spiro atoms. The number of aromatic carboxylic acids is 1. The summed E-state index contributed by atoms with van der Waals surface area (Å²) in [6.45, 7) is 1.70. The number of aromatic nitrogens is 3. The number of hydrogen-bond acceptors (Lipinski definition) is 6. The molecule has 3 rings (SSSR count). The van der Waals surface area contributed by atoms with Crippen molar-refractivity contribution in [2.24, 2.45) is 0 Å². The van der Waals surface area contributed by atoms with E-state index >= 15 is 0 Å². The van der Waals surface area contributed by atoms with Crippen LogP contribution < -0.4 is 11.5 Å². The first-order valence-corrected chi connectivity index (χ1v) is 7.76. The Morgan fingerprint density at radius 2 is 1.93 bits per heavy atom. The van der Waals surface area contributed by atoms with E-state index < -0.39 is 17.3 Å². The van der Waals surface area contributed by atoms with Gasteiger partial charge in [-0.15, -0.1) is 0 Å². The predicted octanol–water partition coefficient (Wildman–Crippen LogP) is 2.25. The molecule has 0 fully saturated rings. The average molecular weight is 363 g/mol. The highest BCUT2D eigenvalue weighted by atomic mass is 19.1. The fourth-order valence-corrected chi connectivity index (χ4v) is 2.40. The molecule has 1 aromatic carbocycles. The van der Waals surface area contributed by atoms with Crippen LogP contribution in [0, 0.1) is 24.6 Å². The van der Waals surface area contributed by atoms with Gasteiger partial charge in [0.25, 0.3) is 0 Å². The van der Waals surface area contributed by atoms with Crippen LogP contribution in [0.25, 0.3) is 11.3 Å². The number of carbonyl (C=O) groups is 1. The number of benzene rings is 1. The Bertz CT molecular complexity index is 1100. The van der Waals surface area contributed by atoms with Gasteiger partial charge in [-0.05, 0) is 37.3 Å². The zero-order valence-electron chi connectivity index (χ0n) is 14.2. The summed E-state index contributed by atoms with van der Waals surface area (Å²) in [5.74, 6) is 4.04. The third-order valence-electron chi connectivity index (χ3n) is 3.70. The smallest absolute Gasteiger partial charge is 0.338 e. The molecule has 134 valence electrons. The van der Waals surface area contributed by atoms with E-state index in [-0.39, 0.29) is 5.95 Å². The number of pyridine rings is 1. The van der Waals surface area contributed by atoms with Crippen LogP contribution in [0.4, 0.5) is 16.2 Å². The van der Waals surface area contributed by atoms with Crippen molar-refractivity contribution >= 4 is 17.7 Å². The number of carboxylic acid groups (broad SMARTS) is 1. The molecule has 2 heterocycles. The minimum absolute atomic E-state index is 0.00315. The van der Waals surface area contributed by atoms with E-state index in [1.165, 1.54) is 18.3 Å². The molecule has 0 aliphatic carbocycles. The molecule has 3 aromatic rings. The molecule has 0 aliphatic heterocycles. The highest BCUT2D eigenvalue weighted by Gasteiger charge is 2.16. The van der Waals surface area contributed by atoms with E-state index in [4.69, 9.17) is 16.6 Å². The van der Waals surface area contributed by atoms with E-state index in [2.05, 4.69) is 26.8 Å². The highest BCUT2D eigenvalue weighted by Crippen LogP contribution is 2.26. The number of anilines is 2. The van der Waals surface area contributed by atoms with Crippen molar-refractivity contribution in [3.63, 3.8) is 0 Å². The zero-order chi connectivity index (χ0) is 19.6. The molecule has 2 aromatic heterocycles. The van der Waals surface area contributed by atoms with Crippen LogP contribution in [0.3, 0.4) is 0 Å². The van der Waals surface area contributed by atoms with E-state index in [1.807, 2.05) is 0 Å². The Balaban J connectivity index is 2.16. The first-order chi connectivity index (χ1) is 12.8. The summed E-state index contributed by atoms with van der Waals surface area (Å²) in [6, 6.07) is 7.00. The highest BCUT2D eigenvalue weighted by molar-refractivity contribution is 5.90. The molecular formula is C19H14FN5O2. The predicted molar refractivity (Wildman–Crippen MR) is 98.2 cm³/mol. The second-order valence-corrected chi connectivity index (χ2v) is 5.61. The lowest BCUT2D eigenvalue weighted by Crippen LogP contribution is -2.05. The standard InChI is InChI=1S/C19H14FN5O2/c1-10-13(5-2-11-3-7-16(21)23-9-11)17(25-19(22)24-10)12-4-6-15(20)14(8-12)18(26)27/h3-4,6-9H,1H3,(H2,21,23)(H,26,27)(H2,22,24,25). The number of aryl methyl sites for hydroxylation is 1. The molecule has 0 saturated carbocycles. The second-order valence-electron chi connectivity index (χ2n) is 5.61. The largest absolute Gasteiger partial charge is 0.478 e. The molecule has 0 saturated heterocycles. The van der Waals surface area contributed by atoms with Gasteiger partial charge in [0.2, 0.25) is 5.95 Å². The number of rotatable bonds is 2. The Morgan fingerprint density at radius 1 is 1.15 bits per heavy atom. The summed E-state index contributed by atoms with van der Waals surface area (Å²) in [6.07, 6.45) is 1.52. The quantitative estimate of drug-likeness (QED) is 0.596. The monoisotopic (exact) mass is 363 g/mol. The maximum absolute atomic E-state index is 13.7. The SMILES string of the molecule is Cc1nc(N)nc(-c2ccc(F)c(C(=O)O)c2)c1C#Cc1ccc(N)nc1. The Hall–Kier alpha value is -3.99. The van der Waals surface area contributed by atoms with Gasteiger partial charge in [-0.1, -0.05) is 11.8 Å². The van der Waals surface area contributed by atoms with Crippen molar-refractivity contribution in [2.75, 3.05) is 11.5 Å². The summed E-state index contributed by atoms with van der Waals surface area (Å²) in [7, 11) is 0. The number of nitrogens with two attached hydrogens (primary N) is 2. The zero-order valence-corrected chi connectivity index (χ0v) is 14.2. The lowest BCUT2D eigenvalue weighted by Gasteiger charge is -2.09. The van der Waals surface area contributed by atoms with Crippen LogP contribution in [0.5, 0.6) is 0 Å². The molecular weight excluding hydrogens is 349 g/mol. The van der Waals surface area contributed by atoms with Gasteiger partial charge >= 0.3 is 5.97 Å². The number of nitrogens with zero attached hydrogens (tertiary/aromatic N) is 3. The fourth-order valence-electron chi connectivity index (χ4n) is 2.40. The summed E-state index contributed by atoms with van der Waals surface area (Å²) < 4.78 is 13.7. The molecule has 7 nitrogen and oxygen atoms in total. The number of halogens is 1. The second kappa shape index (κ2) is 7.09. The van der Waals surface area contributed by atoms with Gasteiger partial charge in [-0.25, -0.2) is 24.1 Å². The Morgan fingerprint density at radius 3 is 2.59 bits per heavy atom. The molecule has 8 heteroatoms. The van der Waals surface area contributed by atoms with Crippen molar-refractivity contribution in [2.45, 2.75) is 6.92 Å². The van der Waals surface area contributed by atoms with Gasteiger partial charge in [-0.3, -0.25) is 0 Å². The van der Waals surface area contributed by atoms with E-state index in [0.29, 0.717) is 33.9 Å². The van der Waals surface area contributed by atoms with Crippen LogP contribution in [0.1, 0.15) is 27.2 Å². The normalized spacial score (nSPS) is 10.1. The van der Waals surface area contributed by atoms with Gasteiger partial charge in [0.1, 0.15) is 11.6 Å². The molecule has 0 amide bonds. The summed E-state index contributed by atoms with van der Waals surface area (Å²) in [4.78, 5) is 23.5. The van der Waals surface area contributed by atoms with E-state index in [1.54, 1.807) is 19.1 Å². The number of carboxylic acids is 1. The summed E-state index contributed by atoms with van der Waals surface area (Å²) >= 11 is 0. The fraction of sp³-hybridized carbons (Fsp3) is 0.0526.